The van der Waals surface area contributed by atoms with Crippen LogP contribution in [0.15, 0.2) is 54.6 Å². The molecule has 0 radical (unpaired) electrons. The highest BCUT2D eigenvalue weighted by Gasteiger charge is 2.26. The smallest absolute Gasteiger partial charge is 0.333 e. The quantitative estimate of drug-likeness (QED) is 0.332. The summed E-state index contributed by atoms with van der Waals surface area (Å²) in [5.74, 6) is -2.29. The van der Waals surface area contributed by atoms with Crippen LogP contribution in [0, 0.1) is 0 Å². The number of hydrogen-bond donors (Lipinski definition) is 4. The molecule has 1 atom stereocenters. The van der Waals surface area contributed by atoms with Gasteiger partial charge in [-0.25, -0.2) is 9.80 Å². The van der Waals surface area contributed by atoms with Crippen LogP contribution in [0.1, 0.15) is 33.0 Å². The molecular formula is C24H24ClN5O5. The van der Waals surface area contributed by atoms with Gasteiger partial charge in [-0.15, -0.1) is 0 Å². The van der Waals surface area contributed by atoms with Crippen molar-refractivity contribution in [2.45, 2.75) is 19.1 Å². The highest BCUT2D eigenvalue weighted by Crippen LogP contribution is 2.23. The predicted octanol–water partition coefficient (Wildman–Crippen LogP) is 2.17. The zero-order valence-corrected chi connectivity index (χ0v) is 19.4. The van der Waals surface area contributed by atoms with Gasteiger partial charge in [0, 0.05) is 30.7 Å². The number of rotatable bonds is 9. The highest BCUT2D eigenvalue weighted by molar-refractivity contribution is 6.30. The molecule has 1 aliphatic rings. The van der Waals surface area contributed by atoms with Gasteiger partial charge in [0.2, 0.25) is 0 Å². The second-order valence-electron chi connectivity index (χ2n) is 8.20. The van der Waals surface area contributed by atoms with Crippen LogP contribution in [0.3, 0.4) is 0 Å². The summed E-state index contributed by atoms with van der Waals surface area (Å²) >= 11 is 6.07. The molecule has 2 heterocycles. The third-order valence-electron chi connectivity index (χ3n) is 5.61. The Bertz CT molecular complexity index is 1230. The molecule has 1 fully saturated rings. The molecule has 0 aliphatic carbocycles. The fraction of sp³-hybridized carbons (Fsp3) is 0.250. The van der Waals surface area contributed by atoms with E-state index in [1.165, 1.54) is 11.1 Å². The number of aliphatic hydroxyl groups excluding tert-OH is 1. The molecule has 0 bridgehead atoms. The second kappa shape index (κ2) is 10.7. The number of carbonyl (C=O) groups is 3. The van der Waals surface area contributed by atoms with E-state index in [0.717, 1.165) is 23.1 Å². The normalized spacial score (nSPS) is 13.9. The number of carboxylic acid groups (broad SMARTS) is 1. The molecule has 1 unspecified atom stereocenters. The molecule has 2 aromatic carbocycles. The summed E-state index contributed by atoms with van der Waals surface area (Å²) < 4.78 is 0. The lowest BCUT2D eigenvalue weighted by Gasteiger charge is -2.29. The topological polar surface area (TPSA) is 139 Å². The molecule has 0 spiro atoms. The maximum absolute atomic E-state index is 12.8. The number of benzene rings is 2. The Kier molecular flexibility index (Phi) is 7.45. The number of carboxylic acids is 1. The molecule has 1 aliphatic heterocycles. The predicted molar refractivity (Wildman–Crippen MR) is 128 cm³/mol. The largest absolute Gasteiger partial charge is 0.479 e. The van der Waals surface area contributed by atoms with Crippen LogP contribution in [0.2, 0.25) is 5.02 Å². The molecule has 182 valence electrons. The number of H-pyrrole nitrogens is 1. The molecule has 4 rings (SSSR count). The fourth-order valence-corrected chi connectivity index (χ4v) is 3.75. The minimum Gasteiger partial charge on any atom is -0.479 e. The standard InChI is InChI=1S/C24H24ClN5O5/c25-18-4-1-3-17(11-18)16-7-5-15(6-8-16)13-30(14-21(31)24(34)35)28-22(32)19-12-20(27-26-19)23(33)29-9-2-10-29/h1,3-8,11-12,21,31H,2,9-10,13-14H2,(H,26,27)(H,28,32)(H,34,35). The first-order chi connectivity index (χ1) is 16.8. The maximum atomic E-state index is 12.8. The van der Waals surface area contributed by atoms with E-state index in [0.29, 0.717) is 18.1 Å². The van der Waals surface area contributed by atoms with Gasteiger partial charge < -0.3 is 15.1 Å². The van der Waals surface area contributed by atoms with Crippen LogP contribution in [0.4, 0.5) is 0 Å². The van der Waals surface area contributed by atoms with Gasteiger partial charge >= 0.3 is 5.97 Å². The SMILES string of the molecule is O=C(NN(Cc1ccc(-c2cccc(Cl)c2)cc1)CC(O)C(=O)O)c1cc(C(=O)N2CCC2)n[nH]1. The van der Waals surface area contributed by atoms with E-state index < -0.39 is 18.0 Å². The molecule has 35 heavy (non-hydrogen) atoms. The molecule has 11 heteroatoms. The number of hydrogen-bond acceptors (Lipinski definition) is 6. The number of nitrogens with zero attached hydrogens (tertiary/aromatic N) is 3. The van der Waals surface area contributed by atoms with Crippen molar-refractivity contribution < 1.29 is 24.6 Å². The lowest BCUT2D eigenvalue weighted by Crippen LogP contribution is -2.47. The lowest BCUT2D eigenvalue weighted by atomic mass is 10.0. The van der Waals surface area contributed by atoms with Gasteiger partial charge in [0.1, 0.15) is 5.69 Å². The Morgan fingerprint density at radius 3 is 2.49 bits per heavy atom. The third kappa shape index (κ3) is 6.04. The van der Waals surface area contributed by atoms with Crippen LogP contribution in [-0.4, -0.2) is 73.8 Å². The average Bonchev–Trinajstić information content (AvgIpc) is 3.29. The molecule has 1 saturated heterocycles. The number of carbonyl (C=O) groups excluding carboxylic acids is 2. The van der Waals surface area contributed by atoms with Crippen molar-refractivity contribution in [1.82, 2.24) is 25.5 Å². The molecule has 0 saturated carbocycles. The Labute approximate surface area is 206 Å². The Balaban J connectivity index is 1.46. The van der Waals surface area contributed by atoms with Crippen molar-refractivity contribution in [1.29, 1.82) is 0 Å². The minimum atomic E-state index is -1.72. The summed E-state index contributed by atoms with van der Waals surface area (Å²) in [5, 5.41) is 27.4. The van der Waals surface area contributed by atoms with Crippen LogP contribution < -0.4 is 5.43 Å². The van der Waals surface area contributed by atoms with Gasteiger partial charge in [0.15, 0.2) is 11.8 Å². The first-order valence-corrected chi connectivity index (χ1v) is 11.3. The Morgan fingerprint density at radius 1 is 1.11 bits per heavy atom. The van der Waals surface area contributed by atoms with Crippen LogP contribution in [0.5, 0.6) is 0 Å². The first kappa shape index (κ1) is 24.4. The number of hydrazine groups is 1. The van der Waals surface area contributed by atoms with Gasteiger partial charge in [-0.1, -0.05) is 48.0 Å². The summed E-state index contributed by atoms with van der Waals surface area (Å²) in [6, 6.07) is 16.2. The Morgan fingerprint density at radius 2 is 1.86 bits per heavy atom. The average molecular weight is 498 g/mol. The number of amides is 2. The number of aliphatic hydroxyl groups is 1. The molecule has 1 aromatic heterocycles. The van der Waals surface area contributed by atoms with Gasteiger partial charge in [0.05, 0.1) is 6.54 Å². The van der Waals surface area contributed by atoms with E-state index in [4.69, 9.17) is 16.7 Å². The molecule has 10 nitrogen and oxygen atoms in total. The summed E-state index contributed by atoms with van der Waals surface area (Å²) in [4.78, 5) is 37.9. The van der Waals surface area contributed by atoms with Crippen LogP contribution >= 0.6 is 11.6 Å². The van der Waals surface area contributed by atoms with Crippen molar-refractivity contribution in [3.8, 4) is 11.1 Å². The van der Waals surface area contributed by atoms with Crippen LogP contribution in [-0.2, 0) is 11.3 Å². The molecule has 4 N–H and O–H groups in total. The van der Waals surface area contributed by atoms with Gasteiger partial charge in [0.25, 0.3) is 11.8 Å². The number of aliphatic carboxylic acids is 1. The van der Waals surface area contributed by atoms with Crippen molar-refractivity contribution in [3.05, 3.63) is 76.6 Å². The Hall–Kier alpha value is -3.73. The second-order valence-corrected chi connectivity index (χ2v) is 8.63. The van der Waals surface area contributed by atoms with E-state index in [9.17, 15) is 19.5 Å². The van der Waals surface area contributed by atoms with Crippen LogP contribution in [0.25, 0.3) is 11.1 Å². The number of aromatic amines is 1. The molecular weight excluding hydrogens is 474 g/mol. The van der Waals surface area contributed by atoms with Crippen molar-refractivity contribution in [3.63, 3.8) is 0 Å². The summed E-state index contributed by atoms with van der Waals surface area (Å²) in [5.41, 5.74) is 5.41. The van der Waals surface area contributed by atoms with Crippen molar-refractivity contribution >= 4 is 29.4 Å². The molecule has 3 aromatic rings. The minimum absolute atomic E-state index is 0.0417. The van der Waals surface area contributed by atoms with E-state index in [2.05, 4.69) is 15.6 Å². The number of nitrogens with one attached hydrogen (secondary N) is 2. The monoisotopic (exact) mass is 497 g/mol. The van der Waals surface area contributed by atoms with Gasteiger partial charge in [-0.3, -0.25) is 20.1 Å². The summed E-state index contributed by atoms with van der Waals surface area (Å²) in [6.45, 7) is 1.08. The third-order valence-corrected chi connectivity index (χ3v) is 5.84. The van der Waals surface area contributed by atoms with Crippen molar-refractivity contribution in [2.24, 2.45) is 0 Å². The number of halogens is 1. The van der Waals surface area contributed by atoms with E-state index in [1.54, 1.807) is 11.0 Å². The van der Waals surface area contributed by atoms with E-state index in [-0.39, 0.29) is 30.4 Å². The zero-order valence-electron chi connectivity index (χ0n) is 18.6. The highest BCUT2D eigenvalue weighted by atomic mass is 35.5. The van der Waals surface area contributed by atoms with Crippen molar-refractivity contribution in [2.75, 3.05) is 19.6 Å². The van der Waals surface area contributed by atoms with E-state index in [1.807, 2.05) is 42.5 Å². The van der Waals surface area contributed by atoms with Gasteiger partial charge in [-0.2, -0.15) is 5.10 Å². The molecule has 2 amide bonds. The number of aromatic nitrogens is 2. The fourth-order valence-electron chi connectivity index (χ4n) is 3.56. The van der Waals surface area contributed by atoms with Gasteiger partial charge in [-0.05, 0) is 35.2 Å². The first-order valence-electron chi connectivity index (χ1n) is 11.0. The maximum Gasteiger partial charge on any atom is 0.333 e. The zero-order chi connectivity index (χ0) is 24.9. The summed E-state index contributed by atoms with van der Waals surface area (Å²) in [7, 11) is 0. The summed E-state index contributed by atoms with van der Waals surface area (Å²) in [6.07, 6.45) is -0.781. The number of likely N-dealkylation sites (tertiary alicyclic amines) is 1. The van der Waals surface area contributed by atoms with E-state index >= 15 is 0 Å². The lowest BCUT2D eigenvalue weighted by molar-refractivity contribution is -0.148.